The third-order valence-electron chi connectivity index (χ3n) is 1.74. The molecule has 0 aliphatic rings. The molecular weight excluding hydrogens is 271 g/mol. The number of carbonyl (C=O) groups is 1. The predicted molar refractivity (Wildman–Crippen MR) is 57.3 cm³/mol. The summed E-state index contributed by atoms with van der Waals surface area (Å²) in [6.45, 7) is 1.75. The SMILES string of the molecule is Cc1nc2nc(N)[nH]c(=O)c2[nH]1.O=C(O)C(F)(F)F. The lowest BCUT2D eigenvalue weighted by molar-refractivity contribution is -0.192. The first kappa shape index (κ1) is 14.5. The highest BCUT2D eigenvalue weighted by atomic mass is 19.4. The number of fused-ring (bicyclic) bond motifs is 1. The number of aromatic nitrogens is 4. The number of carboxylic acids is 1. The van der Waals surface area contributed by atoms with Crippen LogP contribution in [0.5, 0.6) is 0 Å². The Morgan fingerprint density at radius 1 is 1.32 bits per heavy atom. The molecule has 0 saturated heterocycles. The van der Waals surface area contributed by atoms with Crippen LogP contribution in [0.2, 0.25) is 0 Å². The van der Waals surface area contributed by atoms with Crippen molar-refractivity contribution in [2.24, 2.45) is 0 Å². The van der Waals surface area contributed by atoms with Crippen molar-refractivity contribution in [3.05, 3.63) is 16.2 Å². The second-order valence-electron chi connectivity index (χ2n) is 3.27. The number of nitrogens with one attached hydrogen (secondary N) is 2. The Morgan fingerprint density at radius 2 is 1.84 bits per heavy atom. The van der Waals surface area contributed by atoms with Crippen LogP contribution in [-0.4, -0.2) is 37.2 Å². The van der Waals surface area contributed by atoms with Crippen LogP contribution in [0.15, 0.2) is 4.79 Å². The summed E-state index contributed by atoms with van der Waals surface area (Å²) in [6, 6.07) is 0. The summed E-state index contributed by atoms with van der Waals surface area (Å²) in [4.78, 5) is 33.0. The van der Waals surface area contributed by atoms with Crippen LogP contribution in [0.1, 0.15) is 5.82 Å². The van der Waals surface area contributed by atoms with Crippen molar-refractivity contribution >= 4 is 23.1 Å². The van der Waals surface area contributed by atoms with Crippen LogP contribution in [0.4, 0.5) is 19.1 Å². The van der Waals surface area contributed by atoms with Gasteiger partial charge in [-0.15, -0.1) is 0 Å². The number of aliphatic carboxylic acids is 1. The van der Waals surface area contributed by atoms with Gasteiger partial charge in [0, 0.05) is 0 Å². The first-order valence-corrected chi connectivity index (χ1v) is 4.63. The van der Waals surface area contributed by atoms with E-state index in [-0.39, 0.29) is 11.5 Å². The minimum absolute atomic E-state index is 0.0824. The van der Waals surface area contributed by atoms with Gasteiger partial charge in [-0.25, -0.2) is 9.78 Å². The van der Waals surface area contributed by atoms with Gasteiger partial charge in [0.1, 0.15) is 5.82 Å². The summed E-state index contributed by atoms with van der Waals surface area (Å²) < 4.78 is 31.7. The molecule has 0 aliphatic heterocycles. The monoisotopic (exact) mass is 279 g/mol. The number of hydrogen-bond acceptors (Lipinski definition) is 5. The number of hydrogen-bond donors (Lipinski definition) is 4. The van der Waals surface area contributed by atoms with Crippen molar-refractivity contribution in [1.82, 2.24) is 19.9 Å². The van der Waals surface area contributed by atoms with E-state index in [0.717, 1.165) is 0 Å². The van der Waals surface area contributed by atoms with E-state index in [1.54, 1.807) is 6.92 Å². The number of nitrogen functional groups attached to an aromatic ring is 1. The van der Waals surface area contributed by atoms with Crippen LogP contribution in [-0.2, 0) is 4.79 Å². The molecule has 11 heteroatoms. The van der Waals surface area contributed by atoms with Crippen molar-refractivity contribution < 1.29 is 23.1 Å². The lowest BCUT2D eigenvalue weighted by atomic mass is 10.5. The maximum atomic E-state index is 11.2. The van der Waals surface area contributed by atoms with Crippen LogP contribution >= 0.6 is 0 Å². The van der Waals surface area contributed by atoms with E-state index in [0.29, 0.717) is 17.0 Å². The number of halogens is 3. The van der Waals surface area contributed by atoms with Gasteiger partial charge in [0.15, 0.2) is 11.2 Å². The molecule has 0 aromatic carbocycles. The van der Waals surface area contributed by atoms with Crippen LogP contribution in [0.3, 0.4) is 0 Å². The van der Waals surface area contributed by atoms with Crippen molar-refractivity contribution in [1.29, 1.82) is 0 Å². The number of rotatable bonds is 0. The van der Waals surface area contributed by atoms with Gasteiger partial charge < -0.3 is 15.8 Å². The van der Waals surface area contributed by atoms with Gasteiger partial charge in [-0.2, -0.15) is 18.2 Å². The maximum absolute atomic E-state index is 11.2. The van der Waals surface area contributed by atoms with Gasteiger partial charge in [-0.1, -0.05) is 0 Å². The van der Waals surface area contributed by atoms with Crippen LogP contribution < -0.4 is 11.3 Å². The van der Waals surface area contributed by atoms with Crippen molar-refractivity contribution in [2.75, 3.05) is 5.73 Å². The lowest BCUT2D eigenvalue weighted by Gasteiger charge is -1.93. The molecule has 0 saturated carbocycles. The van der Waals surface area contributed by atoms with Gasteiger partial charge in [0.05, 0.1) is 0 Å². The van der Waals surface area contributed by atoms with E-state index in [2.05, 4.69) is 19.9 Å². The lowest BCUT2D eigenvalue weighted by Crippen LogP contribution is -2.21. The molecule has 2 aromatic heterocycles. The Hall–Kier alpha value is -2.59. The van der Waals surface area contributed by atoms with Gasteiger partial charge in [0.2, 0.25) is 5.95 Å². The van der Waals surface area contributed by atoms with Gasteiger partial charge in [-0.3, -0.25) is 9.78 Å². The summed E-state index contributed by atoms with van der Waals surface area (Å²) in [5, 5.41) is 7.12. The highest BCUT2D eigenvalue weighted by molar-refractivity contribution is 5.73. The average molecular weight is 279 g/mol. The number of anilines is 1. The molecule has 19 heavy (non-hydrogen) atoms. The fourth-order valence-electron chi connectivity index (χ4n) is 1.04. The molecule has 104 valence electrons. The highest BCUT2D eigenvalue weighted by Crippen LogP contribution is 2.13. The second kappa shape index (κ2) is 4.96. The molecule has 0 amide bonds. The third kappa shape index (κ3) is 3.69. The number of nitrogens with zero attached hydrogens (tertiary/aromatic N) is 2. The largest absolute Gasteiger partial charge is 0.490 e. The van der Waals surface area contributed by atoms with E-state index in [1.165, 1.54) is 0 Å². The van der Waals surface area contributed by atoms with Crippen LogP contribution in [0, 0.1) is 6.92 Å². The third-order valence-corrected chi connectivity index (χ3v) is 1.74. The predicted octanol–water partition coefficient (Wildman–Crippen LogP) is 0.170. The molecule has 2 aromatic rings. The number of aryl methyl sites for hydroxylation is 1. The Bertz CT molecular complexity index is 660. The molecule has 0 unspecified atom stereocenters. The summed E-state index contributed by atoms with van der Waals surface area (Å²) in [6.07, 6.45) is -5.08. The van der Waals surface area contributed by atoms with Gasteiger partial charge >= 0.3 is 12.1 Å². The molecule has 2 rings (SSSR count). The molecule has 0 bridgehead atoms. The number of alkyl halides is 3. The average Bonchev–Trinajstić information content (AvgIpc) is 2.58. The first-order valence-electron chi connectivity index (χ1n) is 4.63. The Balaban J connectivity index is 0.000000224. The second-order valence-corrected chi connectivity index (χ2v) is 3.27. The quantitative estimate of drug-likeness (QED) is 0.542. The number of aromatic amines is 2. The minimum Gasteiger partial charge on any atom is -0.475 e. The number of H-pyrrole nitrogens is 2. The zero-order valence-electron chi connectivity index (χ0n) is 9.37. The Labute approximate surface area is 102 Å². The van der Waals surface area contributed by atoms with Crippen LogP contribution in [0.25, 0.3) is 11.2 Å². The van der Waals surface area contributed by atoms with Gasteiger partial charge in [0.25, 0.3) is 5.56 Å². The first-order chi connectivity index (χ1) is 8.61. The maximum Gasteiger partial charge on any atom is 0.490 e. The topological polar surface area (TPSA) is 138 Å². The molecule has 0 aliphatic carbocycles. The Morgan fingerprint density at radius 3 is 2.32 bits per heavy atom. The molecule has 5 N–H and O–H groups in total. The fraction of sp³-hybridized carbons (Fsp3) is 0.250. The molecule has 8 nitrogen and oxygen atoms in total. The van der Waals surface area contributed by atoms with E-state index >= 15 is 0 Å². The Kier molecular flexibility index (Phi) is 3.77. The molecule has 0 spiro atoms. The van der Waals surface area contributed by atoms with Crippen molar-refractivity contribution in [3.63, 3.8) is 0 Å². The number of carboxylic acid groups (broad SMARTS) is 1. The molecule has 2 heterocycles. The van der Waals surface area contributed by atoms with E-state index in [9.17, 15) is 18.0 Å². The smallest absolute Gasteiger partial charge is 0.475 e. The zero-order chi connectivity index (χ0) is 14.8. The normalized spacial score (nSPS) is 10.9. The summed E-state index contributed by atoms with van der Waals surface area (Å²) in [7, 11) is 0. The number of imidazole rings is 1. The van der Waals surface area contributed by atoms with Gasteiger partial charge in [-0.05, 0) is 6.92 Å². The van der Waals surface area contributed by atoms with E-state index in [1.807, 2.05) is 0 Å². The summed E-state index contributed by atoms with van der Waals surface area (Å²) >= 11 is 0. The summed E-state index contributed by atoms with van der Waals surface area (Å²) in [5.74, 6) is -2.03. The van der Waals surface area contributed by atoms with Crippen molar-refractivity contribution in [3.8, 4) is 0 Å². The molecule has 0 fully saturated rings. The highest BCUT2D eigenvalue weighted by Gasteiger charge is 2.38. The van der Waals surface area contributed by atoms with E-state index < -0.39 is 12.1 Å². The molecular formula is C8H8F3N5O3. The fourth-order valence-corrected chi connectivity index (χ4v) is 1.04. The standard InChI is InChI=1S/C6H7N5O.C2HF3O2/c1-2-8-3-4(9-2)10-6(7)11-5(3)12;3-2(4,5)1(6)7/h1H3,(H4,7,8,9,10,11,12);(H,6,7). The van der Waals surface area contributed by atoms with Crippen molar-refractivity contribution in [2.45, 2.75) is 13.1 Å². The number of nitrogens with two attached hydrogens (primary N) is 1. The minimum atomic E-state index is -5.08. The van der Waals surface area contributed by atoms with E-state index in [4.69, 9.17) is 15.6 Å². The molecule has 0 atom stereocenters. The summed E-state index contributed by atoms with van der Waals surface area (Å²) in [5.41, 5.74) is 5.74. The zero-order valence-corrected chi connectivity index (χ0v) is 9.37. The molecule has 0 radical (unpaired) electrons.